The van der Waals surface area contributed by atoms with E-state index in [0.717, 1.165) is 30.8 Å². The first kappa shape index (κ1) is 12.7. The molecule has 0 spiro atoms. The average molecular weight is 263 g/mol. The summed E-state index contributed by atoms with van der Waals surface area (Å²) in [6.07, 6.45) is 3.23. The van der Waals surface area contributed by atoms with Crippen molar-refractivity contribution in [2.75, 3.05) is 5.32 Å². The lowest BCUT2D eigenvalue weighted by molar-refractivity contribution is 0.899. The number of fused-ring (bicyclic) bond motifs is 1. The van der Waals surface area contributed by atoms with Crippen molar-refractivity contribution in [3.05, 3.63) is 58.3 Å². The molecule has 2 aromatic rings. The highest BCUT2D eigenvalue weighted by atomic mass is 15.0. The van der Waals surface area contributed by atoms with Crippen LogP contribution in [0.1, 0.15) is 34.4 Å². The molecule has 0 saturated carbocycles. The van der Waals surface area contributed by atoms with Gasteiger partial charge in [-0.3, -0.25) is 0 Å². The molecule has 0 unspecified atom stereocenters. The van der Waals surface area contributed by atoms with E-state index >= 15 is 0 Å². The van der Waals surface area contributed by atoms with Gasteiger partial charge in [0.25, 0.3) is 0 Å². The van der Waals surface area contributed by atoms with Crippen LogP contribution in [0, 0.1) is 18.3 Å². The average Bonchev–Trinajstić information content (AvgIpc) is 2.92. The molecule has 3 nitrogen and oxygen atoms in total. The molecule has 0 radical (unpaired) electrons. The number of nitrogens with zero attached hydrogens (tertiary/aromatic N) is 2. The summed E-state index contributed by atoms with van der Waals surface area (Å²) in [5, 5.41) is 12.6. The summed E-state index contributed by atoms with van der Waals surface area (Å²) in [4.78, 5) is 4.64. The van der Waals surface area contributed by atoms with Gasteiger partial charge in [-0.15, -0.1) is 0 Å². The molecule has 1 aromatic carbocycles. The van der Waals surface area contributed by atoms with E-state index in [9.17, 15) is 5.26 Å². The van der Waals surface area contributed by atoms with Crippen LogP contribution in [0.4, 0.5) is 5.82 Å². The first-order valence-corrected chi connectivity index (χ1v) is 6.99. The third-order valence-electron chi connectivity index (χ3n) is 3.88. The summed E-state index contributed by atoms with van der Waals surface area (Å²) in [5.74, 6) is 0.719. The third-order valence-corrected chi connectivity index (χ3v) is 3.88. The molecular formula is C17H17N3. The Kier molecular flexibility index (Phi) is 3.39. The minimum Gasteiger partial charge on any atom is -0.365 e. The van der Waals surface area contributed by atoms with Gasteiger partial charge >= 0.3 is 0 Å². The highest BCUT2D eigenvalue weighted by Gasteiger charge is 2.16. The zero-order valence-corrected chi connectivity index (χ0v) is 11.6. The number of nitrogens with one attached hydrogen (secondary N) is 1. The lowest BCUT2D eigenvalue weighted by Crippen LogP contribution is -2.06. The smallest absolute Gasteiger partial charge is 0.144 e. The number of aryl methyl sites for hydroxylation is 3. The first-order chi connectivity index (χ1) is 9.78. The van der Waals surface area contributed by atoms with Gasteiger partial charge in [0.15, 0.2) is 0 Å². The number of pyridine rings is 1. The lowest BCUT2D eigenvalue weighted by Gasteiger charge is -2.11. The van der Waals surface area contributed by atoms with Gasteiger partial charge in [-0.25, -0.2) is 4.98 Å². The zero-order valence-electron chi connectivity index (χ0n) is 11.6. The minimum atomic E-state index is 0.652. The molecule has 1 aromatic heterocycles. The number of rotatable bonds is 3. The molecule has 1 N–H and O–H groups in total. The van der Waals surface area contributed by atoms with E-state index in [1.165, 1.54) is 16.7 Å². The Morgan fingerprint density at radius 2 is 2.15 bits per heavy atom. The van der Waals surface area contributed by atoms with Crippen molar-refractivity contribution in [1.29, 1.82) is 5.26 Å². The predicted octanol–water partition coefficient (Wildman–Crippen LogP) is 3.36. The van der Waals surface area contributed by atoms with E-state index in [1.54, 1.807) is 0 Å². The van der Waals surface area contributed by atoms with E-state index in [1.807, 2.05) is 18.2 Å². The third kappa shape index (κ3) is 2.37. The fourth-order valence-corrected chi connectivity index (χ4v) is 2.68. The van der Waals surface area contributed by atoms with Crippen LogP contribution < -0.4 is 5.32 Å². The van der Waals surface area contributed by atoms with Crippen LogP contribution in [-0.2, 0) is 19.4 Å². The molecule has 0 aliphatic heterocycles. The SMILES string of the molecule is Cc1ccccc1CNc1nc2c(cc1C#N)CCC2. The van der Waals surface area contributed by atoms with E-state index in [0.29, 0.717) is 12.1 Å². The minimum absolute atomic E-state index is 0.652. The molecule has 20 heavy (non-hydrogen) atoms. The Morgan fingerprint density at radius 1 is 1.30 bits per heavy atom. The Morgan fingerprint density at radius 3 is 2.95 bits per heavy atom. The Bertz CT molecular complexity index is 683. The molecule has 1 aliphatic carbocycles. The van der Waals surface area contributed by atoms with Crippen molar-refractivity contribution in [2.24, 2.45) is 0 Å². The number of anilines is 1. The molecule has 3 heteroatoms. The van der Waals surface area contributed by atoms with Crippen molar-refractivity contribution >= 4 is 5.82 Å². The van der Waals surface area contributed by atoms with Crippen LogP contribution in [-0.4, -0.2) is 4.98 Å². The summed E-state index contributed by atoms with van der Waals surface area (Å²) in [5.41, 5.74) is 5.52. The van der Waals surface area contributed by atoms with Crippen molar-refractivity contribution < 1.29 is 0 Å². The fourth-order valence-electron chi connectivity index (χ4n) is 2.68. The number of aromatic nitrogens is 1. The van der Waals surface area contributed by atoms with E-state index in [4.69, 9.17) is 0 Å². The maximum atomic E-state index is 9.27. The summed E-state index contributed by atoms with van der Waals surface area (Å²) in [6.45, 7) is 2.80. The molecule has 0 bridgehead atoms. The Hall–Kier alpha value is -2.34. The van der Waals surface area contributed by atoms with Gasteiger partial charge < -0.3 is 5.32 Å². The standard InChI is InChI=1S/C17H17N3/c1-12-5-2-3-6-14(12)11-19-17-15(10-18)9-13-7-4-8-16(13)20-17/h2-3,5-6,9H,4,7-8,11H2,1H3,(H,19,20). The molecule has 0 fully saturated rings. The highest BCUT2D eigenvalue weighted by molar-refractivity contribution is 5.55. The highest BCUT2D eigenvalue weighted by Crippen LogP contribution is 2.25. The predicted molar refractivity (Wildman–Crippen MR) is 79.5 cm³/mol. The molecular weight excluding hydrogens is 246 g/mol. The second kappa shape index (κ2) is 5.34. The summed E-state index contributed by atoms with van der Waals surface area (Å²) in [7, 11) is 0. The van der Waals surface area contributed by atoms with Crippen molar-refractivity contribution in [2.45, 2.75) is 32.7 Å². The number of hydrogen-bond donors (Lipinski definition) is 1. The molecule has 100 valence electrons. The van der Waals surface area contributed by atoms with Gasteiger partial charge in [0.05, 0.1) is 5.56 Å². The van der Waals surface area contributed by atoms with Crippen LogP contribution >= 0.6 is 0 Å². The molecule has 1 aliphatic rings. The van der Waals surface area contributed by atoms with Gasteiger partial charge in [-0.2, -0.15) is 5.26 Å². The molecule has 0 amide bonds. The summed E-state index contributed by atoms with van der Waals surface area (Å²) < 4.78 is 0. The second-order valence-corrected chi connectivity index (χ2v) is 5.24. The van der Waals surface area contributed by atoms with E-state index in [-0.39, 0.29) is 0 Å². The molecule has 1 heterocycles. The Labute approximate surface area is 119 Å². The van der Waals surface area contributed by atoms with Crippen LogP contribution in [0.5, 0.6) is 0 Å². The van der Waals surface area contributed by atoms with Crippen molar-refractivity contribution in [1.82, 2.24) is 4.98 Å². The van der Waals surface area contributed by atoms with Gasteiger partial charge in [0.2, 0.25) is 0 Å². The number of hydrogen-bond acceptors (Lipinski definition) is 3. The molecule has 3 rings (SSSR count). The van der Waals surface area contributed by atoms with Crippen molar-refractivity contribution in [3.8, 4) is 6.07 Å². The largest absolute Gasteiger partial charge is 0.365 e. The first-order valence-electron chi connectivity index (χ1n) is 6.99. The van der Waals surface area contributed by atoms with Gasteiger partial charge in [-0.1, -0.05) is 24.3 Å². The summed E-state index contributed by atoms with van der Waals surface area (Å²) in [6, 6.07) is 12.5. The van der Waals surface area contributed by atoms with Crippen LogP contribution in [0.3, 0.4) is 0 Å². The zero-order chi connectivity index (χ0) is 13.9. The normalized spacial score (nSPS) is 12.8. The topological polar surface area (TPSA) is 48.7 Å². The molecule has 0 saturated heterocycles. The van der Waals surface area contributed by atoms with E-state index < -0.39 is 0 Å². The second-order valence-electron chi connectivity index (χ2n) is 5.24. The monoisotopic (exact) mass is 263 g/mol. The Balaban J connectivity index is 1.84. The number of benzene rings is 1. The lowest BCUT2D eigenvalue weighted by atomic mass is 10.1. The van der Waals surface area contributed by atoms with Gasteiger partial charge in [-0.05, 0) is 48.9 Å². The number of nitriles is 1. The van der Waals surface area contributed by atoms with Gasteiger partial charge in [0.1, 0.15) is 11.9 Å². The van der Waals surface area contributed by atoms with Crippen LogP contribution in [0.25, 0.3) is 0 Å². The quantitative estimate of drug-likeness (QED) is 0.923. The molecule has 0 atom stereocenters. The van der Waals surface area contributed by atoms with Crippen molar-refractivity contribution in [3.63, 3.8) is 0 Å². The maximum absolute atomic E-state index is 9.27. The van der Waals surface area contributed by atoms with Gasteiger partial charge in [0, 0.05) is 12.2 Å². The van der Waals surface area contributed by atoms with Crippen LogP contribution in [0.15, 0.2) is 30.3 Å². The fraction of sp³-hybridized carbons (Fsp3) is 0.294. The maximum Gasteiger partial charge on any atom is 0.144 e. The van der Waals surface area contributed by atoms with Crippen LogP contribution in [0.2, 0.25) is 0 Å². The van der Waals surface area contributed by atoms with E-state index in [2.05, 4.69) is 35.4 Å². The summed E-state index contributed by atoms with van der Waals surface area (Å²) >= 11 is 0.